The molecule has 6 heteroatoms. The van der Waals surface area contributed by atoms with Crippen molar-refractivity contribution in [1.82, 2.24) is 10.2 Å². The number of rotatable bonds is 5. The van der Waals surface area contributed by atoms with Crippen LogP contribution in [0.5, 0.6) is 5.75 Å². The lowest BCUT2D eigenvalue weighted by Crippen LogP contribution is -2.42. The quantitative estimate of drug-likeness (QED) is 0.615. The van der Waals surface area contributed by atoms with E-state index in [4.69, 9.17) is 0 Å². The normalized spacial score (nSPS) is 29.4. The number of nitrogens with zero attached hydrogens (tertiary/aromatic N) is 1. The Morgan fingerprint density at radius 2 is 1.68 bits per heavy atom. The van der Waals surface area contributed by atoms with Gasteiger partial charge in [0, 0.05) is 6.54 Å². The van der Waals surface area contributed by atoms with Crippen LogP contribution in [0.1, 0.15) is 12.0 Å². The Morgan fingerprint density at radius 3 is 2.28 bits per heavy atom. The van der Waals surface area contributed by atoms with Gasteiger partial charge in [-0.25, -0.2) is 0 Å². The highest BCUT2D eigenvalue weighted by Crippen LogP contribution is 2.52. The minimum atomic E-state index is -0.319. The van der Waals surface area contributed by atoms with E-state index in [1.807, 2.05) is 12.2 Å². The van der Waals surface area contributed by atoms with Crippen LogP contribution in [0.2, 0.25) is 0 Å². The molecule has 1 aliphatic heterocycles. The van der Waals surface area contributed by atoms with E-state index in [1.54, 1.807) is 24.3 Å². The third-order valence-corrected chi connectivity index (χ3v) is 5.54. The number of aromatic hydroxyl groups is 1. The standard InChI is InChI=1S/C19H20N2O4/c22-14-5-1-11(2-6-14)7-8-20-15(23)10-21-18(24)16-12-3-4-13(9-12)17(16)19(21)25/h1-6,12-13,16-17,22H,7-10H2,(H,20,23)/t12-,13-,16+,17+/m0/s1. The highest BCUT2D eigenvalue weighted by atomic mass is 16.3. The van der Waals surface area contributed by atoms with Gasteiger partial charge in [-0.15, -0.1) is 0 Å². The van der Waals surface area contributed by atoms with Crippen LogP contribution in [0.25, 0.3) is 0 Å². The molecule has 130 valence electrons. The predicted octanol–water partition coefficient (Wildman–Crippen LogP) is 0.858. The number of amides is 3. The van der Waals surface area contributed by atoms with E-state index in [-0.39, 0.29) is 53.7 Å². The lowest BCUT2D eigenvalue weighted by atomic mass is 9.85. The first-order valence-electron chi connectivity index (χ1n) is 8.63. The number of hydrogen-bond acceptors (Lipinski definition) is 4. The average molecular weight is 340 g/mol. The van der Waals surface area contributed by atoms with Crippen molar-refractivity contribution >= 4 is 17.7 Å². The molecule has 2 bridgehead atoms. The highest BCUT2D eigenvalue weighted by molar-refractivity contribution is 6.08. The maximum absolute atomic E-state index is 12.5. The van der Waals surface area contributed by atoms with Crippen LogP contribution in [-0.2, 0) is 20.8 Å². The van der Waals surface area contributed by atoms with Crippen molar-refractivity contribution in [2.45, 2.75) is 12.8 Å². The molecule has 0 radical (unpaired) electrons. The first-order valence-corrected chi connectivity index (χ1v) is 8.63. The van der Waals surface area contributed by atoms with Gasteiger partial charge >= 0.3 is 0 Å². The fourth-order valence-electron chi connectivity index (χ4n) is 4.33. The van der Waals surface area contributed by atoms with Crippen molar-refractivity contribution in [3.63, 3.8) is 0 Å². The zero-order valence-corrected chi connectivity index (χ0v) is 13.7. The number of phenols is 1. The van der Waals surface area contributed by atoms with Crippen LogP contribution in [0.3, 0.4) is 0 Å². The zero-order valence-electron chi connectivity index (χ0n) is 13.7. The number of imide groups is 1. The number of fused-ring (bicyclic) bond motifs is 5. The summed E-state index contributed by atoms with van der Waals surface area (Å²) < 4.78 is 0. The van der Waals surface area contributed by atoms with Crippen molar-refractivity contribution < 1.29 is 19.5 Å². The second-order valence-corrected chi connectivity index (χ2v) is 7.03. The van der Waals surface area contributed by atoms with Gasteiger partial charge in [-0.2, -0.15) is 0 Å². The van der Waals surface area contributed by atoms with E-state index in [9.17, 15) is 19.5 Å². The molecule has 3 amide bonds. The van der Waals surface area contributed by atoms with Crippen LogP contribution in [0.4, 0.5) is 0 Å². The Balaban J connectivity index is 1.30. The van der Waals surface area contributed by atoms with E-state index in [0.717, 1.165) is 16.9 Å². The minimum Gasteiger partial charge on any atom is -0.508 e. The van der Waals surface area contributed by atoms with E-state index in [0.29, 0.717) is 13.0 Å². The Kier molecular flexibility index (Phi) is 3.82. The van der Waals surface area contributed by atoms with E-state index >= 15 is 0 Å². The molecule has 2 N–H and O–H groups in total. The molecule has 4 atom stereocenters. The van der Waals surface area contributed by atoms with E-state index in [2.05, 4.69) is 5.32 Å². The second-order valence-electron chi connectivity index (χ2n) is 7.03. The van der Waals surface area contributed by atoms with Gasteiger partial charge in [0.25, 0.3) is 0 Å². The Labute approximate surface area is 145 Å². The molecule has 3 aliphatic rings. The van der Waals surface area contributed by atoms with Crippen molar-refractivity contribution in [1.29, 1.82) is 0 Å². The Bertz CT molecular complexity index is 725. The summed E-state index contributed by atoms with van der Waals surface area (Å²) in [4.78, 5) is 38.3. The smallest absolute Gasteiger partial charge is 0.240 e. The van der Waals surface area contributed by atoms with Gasteiger partial charge in [0.05, 0.1) is 11.8 Å². The molecule has 1 saturated carbocycles. The number of allylic oxidation sites excluding steroid dienone is 2. The third kappa shape index (κ3) is 2.71. The summed E-state index contributed by atoms with van der Waals surface area (Å²) in [5.41, 5.74) is 0.989. The molecule has 0 spiro atoms. The molecule has 25 heavy (non-hydrogen) atoms. The largest absolute Gasteiger partial charge is 0.508 e. The lowest BCUT2D eigenvalue weighted by Gasteiger charge is -2.16. The topological polar surface area (TPSA) is 86.7 Å². The van der Waals surface area contributed by atoms with Crippen molar-refractivity contribution in [2.24, 2.45) is 23.7 Å². The molecule has 6 nitrogen and oxygen atoms in total. The summed E-state index contributed by atoms with van der Waals surface area (Å²) in [6.45, 7) is 0.221. The average Bonchev–Trinajstić information content (AvgIpc) is 3.27. The van der Waals surface area contributed by atoms with Gasteiger partial charge in [0.15, 0.2) is 0 Å². The zero-order chi connectivity index (χ0) is 17.6. The summed E-state index contributed by atoms with van der Waals surface area (Å²) in [6, 6.07) is 6.78. The summed E-state index contributed by atoms with van der Waals surface area (Å²) in [7, 11) is 0. The van der Waals surface area contributed by atoms with Gasteiger partial charge < -0.3 is 10.4 Å². The monoisotopic (exact) mass is 340 g/mol. The Hall–Kier alpha value is -2.63. The molecule has 1 heterocycles. The van der Waals surface area contributed by atoms with Gasteiger partial charge in [-0.05, 0) is 42.4 Å². The molecule has 1 aromatic carbocycles. The van der Waals surface area contributed by atoms with Crippen LogP contribution in [-0.4, -0.2) is 40.8 Å². The van der Waals surface area contributed by atoms with Crippen molar-refractivity contribution in [2.75, 3.05) is 13.1 Å². The van der Waals surface area contributed by atoms with Crippen molar-refractivity contribution in [3.05, 3.63) is 42.0 Å². The lowest BCUT2D eigenvalue weighted by molar-refractivity contribution is -0.144. The summed E-state index contributed by atoms with van der Waals surface area (Å²) >= 11 is 0. The molecule has 0 unspecified atom stereocenters. The highest BCUT2D eigenvalue weighted by Gasteiger charge is 2.59. The summed E-state index contributed by atoms with van der Waals surface area (Å²) in [5.74, 6) is -0.697. The first-order chi connectivity index (χ1) is 12.0. The number of hydrogen-bond donors (Lipinski definition) is 2. The summed E-state index contributed by atoms with van der Waals surface area (Å²) in [6.07, 6.45) is 5.59. The number of nitrogens with one attached hydrogen (secondary N) is 1. The molecular formula is C19H20N2O4. The van der Waals surface area contributed by atoms with Crippen LogP contribution >= 0.6 is 0 Å². The number of likely N-dealkylation sites (tertiary alicyclic amines) is 1. The molecule has 1 saturated heterocycles. The second kappa shape index (κ2) is 6.02. The SMILES string of the molecule is O=C(CN1C(=O)[C@H]2[C@H](C1=O)[C@H]1C=C[C@H]2C1)NCCc1ccc(O)cc1. The van der Waals surface area contributed by atoms with Gasteiger partial charge in [0.1, 0.15) is 12.3 Å². The molecule has 4 rings (SSSR count). The van der Waals surface area contributed by atoms with Gasteiger partial charge in [-0.3, -0.25) is 19.3 Å². The van der Waals surface area contributed by atoms with Gasteiger partial charge in [-0.1, -0.05) is 24.3 Å². The van der Waals surface area contributed by atoms with E-state index in [1.165, 1.54) is 0 Å². The molecule has 1 aromatic rings. The first kappa shape index (κ1) is 15.9. The molecular weight excluding hydrogens is 320 g/mol. The third-order valence-electron chi connectivity index (χ3n) is 5.54. The molecule has 2 aliphatic carbocycles. The fourth-order valence-corrected chi connectivity index (χ4v) is 4.33. The summed E-state index contributed by atoms with van der Waals surface area (Å²) in [5, 5.41) is 12.0. The van der Waals surface area contributed by atoms with Crippen molar-refractivity contribution in [3.8, 4) is 5.75 Å². The fraction of sp³-hybridized carbons (Fsp3) is 0.421. The minimum absolute atomic E-state index is 0.161. The maximum atomic E-state index is 12.5. The van der Waals surface area contributed by atoms with Crippen LogP contribution in [0.15, 0.2) is 36.4 Å². The van der Waals surface area contributed by atoms with Crippen LogP contribution in [0, 0.1) is 23.7 Å². The molecule has 2 fully saturated rings. The van der Waals surface area contributed by atoms with Gasteiger partial charge in [0.2, 0.25) is 17.7 Å². The number of phenolic OH excluding ortho intramolecular Hbond substituents is 1. The maximum Gasteiger partial charge on any atom is 0.240 e. The molecule has 0 aromatic heterocycles. The van der Waals surface area contributed by atoms with E-state index < -0.39 is 0 Å². The number of benzene rings is 1. The van der Waals surface area contributed by atoms with Crippen LogP contribution < -0.4 is 5.32 Å². The Morgan fingerprint density at radius 1 is 1.08 bits per heavy atom. The predicted molar refractivity (Wildman–Crippen MR) is 89.3 cm³/mol. The number of carbonyl (C=O) groups is 3. The number of carbonyl (C=O) groups excluding carboxylic acids is 3.